The number of nitrogens with one attached hydrogen (secondary N) is 2. The first kappa shape index (κ1) is 9.61. The van der Waals surface area contributed by atoms with Gasteiger partial charge in [-0.1, -0.05) is 0 Å². The van der Waals surface area contributed by atoms with Gasteiger partial charge in [0.2, 0.25) is 0 Å². The SMILES string of the molecule is CC1CNCC(C)N1Cc1ncn[nH]1. The van der Waals surface area contributed by atoms with Gasteiger partial charge >= 0.3 is 0 Å². The van der Waals surface area contributed by atoms with Gasteiger partial charge in [-0.2, -0.15) is 5.10 Å². The standard InChI is InChI=1S/C9H17N5/c1-7-3-10-4-8(2)14(7)5-9-11-6-12-13-9/h6-8,10H,3-5H2,1-2H3,(H,11,12,13). The van der Waals surface area contributed by atoms with Crippen LogP contribution in [0.4, 0.5) is 0 Å². The molecule has 2 heterocycles. The highest BCUT2D eigenvalue weighted by Gasteiger charge is 2.24. The summed E-state index contributed by atoms with van der Waals surface area (Å²) in [4.78, 5) is 6.59. The Hall–Kier alpha value is -0.940. The quantitative estimate of drug-likeness (QED) is 0.696. The molecule has 1 aromatic heterocycles. The van der Waals surface area contributed by atoms with Gasteiger partial charge in [0.1, 0.15) is 12.2 Å². The number of aromatic nitrogens is 3. The molecule has 5 heteroatoms. The molecule has 2 N–H and O–H groups in total. The molecule has 0 radical (unpaired) electrons. The molecule has 1 aliphatic rings. The van der Waals surface area contributed by atoms with E-state index in [2.05, 4.69) is 39.2 Å². The van der Waals surface area contributed by atoms with Crippen LogP contribution in [0.1, 0.15) is 19.7 Å². The van der Waals surface area contributed by atoms with E-state index in [9.17, 15) is 0 Å². The van der Waals surface area contributed by atoms with Crippen LogP contribution >= 0.6 is 0 Å². The first-order chi connectivity index (χ1) is 6.77. The molecule has 0 bridgehead atoms. The lowest BCUT2D eigenvalue weighted by Gasteiger charge is -2.38. The second-order valence-corrected chi connectivity index (χ2v) is 3.96. The van der Waals surface area contributed by atoms with Gasteiger partial charge in [-0.05, 0) is 13.8 Å². The van der Waals surface area contributed by atoms with E-state index in [1.807, 2.05) is 0 Å². The number of piperazine rings is 1. The molecular weight excluding hydrogens is 178 g/mol. The van der Waals surface area contributed by atoms with Crippen LogP contribution in [0.25, 0.3) is 0 Å². The monoisotopic (exact) mass is 195 g/mol. The maximum Gasteiger partial charge on any atom is 0.138 e. The van der Waals surface area contributed by atoms with Crippen molar-refractivity contribution < 1.29 is 0 Å². The summed E-state index contributed by atoms with van der Waals surface area (Å²) in [6.45, 7) is 7.44. The van der Waals surface area contributed by atoms with E-state index >= 15 is 0 Å². The van der Waals surface area contributed by atoms with E-state index in [1.54, 1.807) is 6.33 Å². The van der Waals surface area contributed by atoms with E-state index in [4.69, 9.17) is 0 Å². The minimum absolute atomic E-state index is 0.559. The number of rotatable bonds is 2. The van der Waals surface area contributed by atoms with Gasteiger partial charge in [0.15, 0.2) is 0 Å². The lowest BCUT2D eigenvalue weighted by molar-refractivity contribution is 0.105. The van der Waals surface area contributed by atoms with Crippen LogP contribution in [0.5, 0.6) is 0 Å². The number of nitrogens with zero attached hydrogens (tertiary/aromatic N) is 3. The van der Waals surface area contributed by atoms with Crippen LogP contribution in [0, 0.1) is 0 Å². The van der Waals surface area contributed by atoms with Crippen molar-refractivity contribution in [1.82, 2.24) is 25.4 Å². The summed E-state index contributed by atoms with van der Waals surface area (Å²) in [5, 5.41) is 10.2. The van der Waals surface area contributed by atoms with Crippen LogP contribution in [0.3, 0.4) is 0 Å². The smallest absolute Gasteiger partial charge is 0.138 e. The zero-order chi connectivity index (χ0) is 9.97. The Kier molecular flexibility index (Phi) is 2.79. The summed E-state index contributed by atoms with van der Waals surface area (Å²) < 4.78 is 0. The molecule has 78 valence electrons. The second kappa shape index (κ2) is 4.06. The van der Waals surface area contributed by atoms with Crippen molar-refractivity contribution in [3.05, 3.63) is 12.2 Å². The molecule has 0 amide bonds. The first-order valence-corrected chi connectivity index (χ1v) is 5.08. The third-order valence-corrected chi connectivity index (χ3v) is 2.81. The van der Waals surface area contributed by atoms with E-state index < -0.39 is 0 Å². The Balaban J connectivity index is 2.01. The highest BCUT2D eigenvalue weighted by Crippen LogP contribution is 2.11. The third kappa shape index (κ3) is 1.93. The molecule has 1 saturated heterocycles. The molecular formula is C9H17N5. The molecule has 1 aromatic rings. The van der Waals surface area contributed by atoms with E-state index in [-0.39, 0.29) is 0 Å². The summed E-state index contributed by atoms with van der Waals surface area (Å²) in [6, 6.07) is 1.12. The predicted octanol–water partition coefficient (Wildman–Crippen LogP) is -0.0131. The average molecular weight is 195 g/mol. The number of hydrogen-bond acceptors (Lipinski definition) is 4. The minimum Gasteiger partial charge on any atom is -0.314 e. The van der Waals surface area contributed by atoms with Crippen molar-refractivity contribution in [2.45, 2.75) is 32.5 Å². The summed E-state index contributed by atoms with van der Waals surface area (Å²) in [6.07, 6.45) is 1.56. The molecule has 0 aliphatic carbocycles. The number of aromatic amines is 1. The average Bonchev–Trinajstić information content (AvgIpc) is 2.64. The zero-order valence-corrected chi connectivity index (χ0v) is 8.70. The number of hydrogen-bond donors (Lipinski definition) is 2. The Labute approximate surface area is 83.9 Å². The van der Waals surface area contributed by atoms with Gasteiger partial charge in [-0.3, -0.25) is 10.00 Å². The molecule has 1 fully saturated rings. The Morgan fingerprint density at radius 1 is 1.43 bits per heavy atom. The summed E-state index contributed by atoms with van der Waals surface area (Å²) in [7, 11) is 0. The van der Waals surface area contributed by atoms with E-state index in [0.29, 0.717) is 12.1 Å². The van der Waals surface area contributed by atoms with Crippen molar-refractivity contribution in [2.75, 3.05) is 13.1 Å². The maximum absolute atomic E-state index is 4.15. The molecule has 2 unspecified atom stereocenters. The van der Waals surface area contributed by atoms with Gasteiger partial charge in [-0.15, -0.1) is 0 Å². The molecule has 0 aromatic carbocycles. The van der Waals surface area contributed by atoms with E-state index in [1.165, 1.54) is 0 Å². The van der Waals surface area contributed by atoms with Crippen LogP contribution < -0.4 is 5.32 Å². The highest BCUT2D eigenvalue weighted by atomic mass is 15.3. The van der Waals surface area contributed by atoms with Gasteiger partial charge in [0, 0.05) is 25.2 Å². The van der Waals surface area contributed by atoms with E-state index in [0.717, 1.165) is 25.5 Å². The Morgan fingerprint density at radius 2 is 2.14 bits per heavy atom. The molecule has 5 nitrogen and oxygen atoms in total. The van der Waals surface area contributed by atoms with Gasteiger partial charge in [-0.25, -0.2) is 4.98 Å². The van der Waals surface area contributed by atoms with Crippen molar-refractivity contribution in [1.29, 1.82) is 0 Å². The third-order valence-electron chi connectivity index (χ3n) is 2.81. The molecule has 0 saturated carbocycles. The molecule has 2 atom stereocenters. The fourth-order valence-electron chi connectivity index (χ4n) is 1.96. The summed E-state index contributed by atoms with van der Waals surface area (Å²) in [5.41, 5.74) is 0. The Morgan fingerprint density at radius 3 is 2.71 bits per heavy atom. The maximum atomic E-state index is 4.15. The summed E-state index contributed by atoms with van der Waals surface area (Å²) >= 11 is 0. The van der Waals surface area contributed by atoms with Crippen LogP contribution in [-0.4, -0.2) is 45.3 Å². The zero-order valence-electron chi connectivity index (χ0n) is 8.70. The van der Waals surface area contributed by atoms with Crippen LogP contribution in [-0.2, 0) is 6.54 Å². The molecule has 14 heavy (non-hydrogen) atoms. The molecule has 2 rings (SSSR count). The van der Waals surface area contributed by atoms with Crippen molar-refractivity contribution in [2.24, 2.45) is 0 Å². The van der Waals surface area contributed by atoms with Crippen molar-refractivity contribution in [3.63, 3.8) is 0 Å². The fourth-order valence-corrected chi connectivity index (χ4v) is 1.96. The largest absolute Gasteiger partial charge is 0.314 e. The molecule has 1 aliphatic heterocycles. The lowest BCUT2D eigenvalue weighted by Crippen LogP contribution is -2.54. The Bertz CT molecular complexity index is 261. The van der Waals surface area contributed by atoms with Crippen molar-refractivity contribution >= 4 is 0 Å². The number of H-pyrrole nitrogens is 1. The van der Waals surface area contributed by atoms with Crippen LogP contribution in [0.2, 0.25) is 0 Å². The second-order valence-electron chi connectivity index (χ2n) is 3.96. The topological polar surface area (TPSA) is 56.8 Å². The van der Waals surface area contributed by atoms with Gasteiger partial charge in [0.05, 0.1) is 6.54 Å². The molecule has 0 spiro atoms. The fraction of sp³-hybridized carbons (Fsp3) is 0.778. The highest BCUT2D eigenvalue weighted by molar-refractivity contribution is 4.88. The van der Waals surface area contributed by atoms with Crippen LogP contribution in [0.15, 0.2) is 6.33 Å². The minimum atomic E-state index is 0.559. The van der Waals surface area contributed by atoms with Gasteiger partial charge in [0.25, 0.3) is 0 Å². The first-order valence-electron chi connectivity index (χ1n) is 5.08. The van der Waals surface area contributed by atoms with Crippen molar-refractivity contribution in [3.8, 4) is 0 Å². The van der Waals surface area contributed by atoms with Gasteiger partial charge < -0.3 is 5.32 Å². The summed E-state index contributed by atoms with van der Waals surface area (Å²) in [5.74, 6) is 0.950. The lowest BCUT2D eigenvalue weighted by atomic mass is 10.1. The normalized spacial score (nSPS) is 29.3. The predicted molar refractivity (Wildman–Crippen MR) is 53.7 cm³/mol.